The molecule has 0 fully saturated rings. The Labute approximate surface area is 181 Å². The van der Waals surface area contributed by atoms with Gasteiger partial charge in [-0.05, 0) is 63.7 Å². The van der Waals surface area contributed by atoms with E-state index >= 15 is 0 Å². The van der Waals surface area contributed by atoms with E-state index in [1.807, 2.05) is 38.9 Å². The van der Waals surface area contributed by atoms with E-state index in [0.29, 0.717) is 30.2 Å². The fraction of sp³-hybridized carbons (Fsp3) is 0.364. The van der Waals surface area contributed by atoms with Gasteiger partial charge >= 0.3 is 0 Å². The van der Waals surface area contributed by atoms with Gasteiger partial charge in [0.15, 0.2) is 5.13 Å². The first kappa shape index (κ1) is 23.3. The van der Waals surface area contributed by atoms with Crippen molar-refractivity contribution in [3.63, 3.8) is 0 Å². The van der Waals surface area contributed by atoms with Crippen LogP contribution in [0.3, 0.4) is 0 Å². The van der Waals surface area contributed by atoms with Crippen LogP contribution in [-0.4, -0.2) is 43.0 Å². The minimum atomic E-state index is -0.356. The van der Waals surface area contributed by atoms with E-state index in [9.17, 15) is 9.18 Å². The summed E-state index contributed by atoms with van der Waals surface area (Å²) >= 11 is 1.36. The van der Waals surface area contributed by atoms with Gasteiger partial charge in [-0.3, -0.25) is 9.69 Å². The highest BCUT2D eigenvalue weighted by molar-refractivity contribution is 7.22. The van der Waals surface area contributed by atoms with Gasteiger partial charge in [-0.1, -0.05) is 35.1 Å². The molecule has 0 saturated carbocycles. The van der Waals surface area contributed by atoms with Crippen LogP contribution in [0.2, 0.25) is 0 Å². The molecule has 0 aliphatic carbocycles. The fourth-order valence-corrected chi connectivity index (χ4v) is 4.40. The zero-order chi connectivity index (χ0) is 20.4. The first-order valence-electron chi connectivity index (χ1n) is 9.33. The van der Waals surface area contributed by atoms with Crippen LogP contribution >= 0.6 is 23.7 Å². The average Bonchev–Trinajstić information content (AvgIpc) is 3.03. The molecule has 3 rings (SSSR count). The van der Waals surface area contributed by atoms with Crippen molar-refractivity contribution in [2.24, 2.45) is 0 Å². The number of fused-ring (bicyclic) bond motifs is 1. The van der Waals surface area contributed by atoms with Crippen LogP contribution in [0.1, 0.15) is 22.3 Å². The molecule has 0 aliphatic rings. The van der Waals surface area contributed by atoms with Crippen LogP contribution in [-0.2, 0) is 11.2 Å². The Morgan fingerprint density at radius 3 is 2.34 bits per heavy atom. The predicted molar refractivity (Wildman–Crippen MR) is 122 cm³/mol. The number of hydrogen-bond donors (Lipinski definition) is 0. The second-order valence-electron chi connectivity index (χ2n) is 7.49. The predicted octanol–water partition coefficient (Wildman–Crippen LogP) is 4.92. The number of nitrogens with zero attached hydrogens (tertiary/aromatic N) is 3. The number of likely N-dealkylation sites (N-methyl/N-ethyl adjacent to an activating group) is 1. The molecule has 0 atom stereocenters. The number of amides is 1. The summed E-state index contributed by atoms with van der Waals surface area (Å²) in [6.45, 7) is 7.36. The summed E-state index contributed by atoms with van der Waals surface area (Å²) < 4.78 is 14.9. The minimum absolute atomic E-state index is 0. The lowest BCUT2D eigenvalue weighted by molar-refractivity contribution is -0.118. The molecule has 3 aromatic rings. The van der Waals surface area contributed by atoms with Crippen molar-refractivity contribution in [1.82, 2.24) is 9.88 Å². The number of benzene rings is 2. The number of thiazole rings is 1. The average molecular weight is 436 g/mol. The summed E-state index contributed by atoms with van der Waals surface area (Å²) in [5.41, 5.74) is 4.81. The van der Waals surface area contributed by atoms with Crippen LogP contribution in [0.25, 0.3) is 10.2 Å². The zero-order valence-electron chi connectivity index (χ0n) is 17.5. The van der Waals surface area contributed by atoms with Crippen molar-refractivity contribution in [3.05, 3.63) is 58.4 Å². The summed E-state index contributed by atoms with van der Waals surface area (Å²) in [6, 6.07) is 9.11. The van der Waals surface area contributed by atoms with Gasteiger partial charge in [-0.2, -0.15) is 0 Å². The Bertz CT molecular complexity index is 995. The summed E-state index contributed by atoms with van der Waals surface area (Å²) in [4.78, 5) is 21.4. The first-order valence-corrected chi connectivity index (χ1v) is 10.1. The SMILES string of the molecule is Cc1cc(C)c(CC(=O)N(CCN(C)C)c2nc3c(F)cccc3s2)c(C)c1.Cl. The molecule has 0 N–H and O–H groups in total. The molecule has 29 heavy (non-hydrogen) atoms. The second-order valence-corrected chi connectivity index (χ2v) is 8.49. The number of hydrogen-bond acceptors (Lipinski definition) is 4. The number of aryl methyl sites for hydroxylation is 3. The highest BCUT2D eigenvalue weighted by Gasteiger charge is 2.22. The number of carbonyl (C=O) groups excluding carboxylic acids is 1. The topological polar surface area (TPSA) is 36.4 Å². The summed E-state index contributed by atoms with van der Waals surface area (Å²) in [5, 5.41) is 0.550. The van der Waals surface area contributed by atoms with Gasteiger partial charge in [0.05, 0.1) is 11.1 Å². The standard InChI is InChI=1S/C22H26FN3OS.ClH/c1-14-11-15(2)17(16(3)12-14)13-20(27)26(10-9-25(4)5)22-24-21-18(23)7-6-8-19(21)28-22;/h6-8,11-12H,9-10,13H2,1-5H3;1H. The van der Waals surface area contributed by atoms with Crippen LogP contribution in [0.5, 0.6) is 0 Å². The second kappa shape index (κ2) is 9.65. The highest BCUT2D eigenvalue weighted by Crippen LogP contribution is 2.31. The number of rotatable bonds is 6. The molecule has 1 amide bonds. The normalized spacial score (nSPS) is 11.0. The Morgan fingerprint density at radius 2 is 1.76 bits per heavy atom. The Hall–Kier alpha value is -2.02. The number of carbonyl (C=O) groups is 1. The third kappa shape index (κ3) is 5.32. The van der Waals surface area contributed by atoms with Gasteiger partial charge in [0.25, 0.3) is 0 Å². The number of anilines is 1. The summed E-state index contributed by atoms with van der Waals surface area (Å²) in [7, 11) is 3.93. The maximum atomic E-state index is 14.1. The third-order valence-electron chi connectivity index (χ3n) is 4.83. The van der Waals surface area contributed by atoms with Crippen LogP contribution in [0.15, 0.2) is 30.3 Å². The Balaban J connectivity index is 0.00000300. The lowest BCUT2D eigenvalue weighted by Gasteiger charge is -2.23. The molecular weight excluding hydrogens is 409 g/mol. The highest BCUT2D eigenvalue weighted by atomic mass is 35.5. The van der Waals surface area contributed by atoms with Crippen molar-refractivity contribution in [2.45, 2.75) is 27.2 Å². The molecule has 156 valence electrons. The molecule has 0 radical (unpaired) electrons. The van der Waals surface area contributed by atoms with Crippen molar-refractivity contribution in [2.75, 3.05) is 32.1 Å². The van der Waals surface area contributed by atoms with Crippen molar-refractivity contribution in [3.8, 4) is 0 Å². The van der Waals surface area contributed by atoms with E-state index in [0.717, 1.165) is 21.4 Å². The minimum Gasteiger partial charge on any atom is -0.308 e. The Kier molecular flexibility index (Phi) is 7.74. The van der Waals surface area contributed by atoms with Gasteiger partial charge in [0.2, 0.25) is 5.91 Å². The quantitative estimate of drug-likeness (QED) is 0.551. The molecule has 2 aromatic carbocycles. The zero-order valence-corrected chi connectivity index (χ0v) is 19.1. The molecule has 7 heteroatoms. The molecule has 0 unspecified atom stereocenters. The van der Waals surface area contributed by atoms with E-state index in [2.05, 4.69) is 24.0 Å². The van der Waals surface area contributed by atoms with Gasteiger partial charge in [0, 0.05) is 13.1 Å². The molecule has 4 nitrogen and oxygen atoms in total. The third-order valence-corrected chi connectivity index (χ3v) is 5.87. The van der Waals surface area contributed by atoms with Crippen LogP contribution < -0.4 is 4.90 Å². The molecule has 0 aliphatic heterocycles. The number of halogens is 2. The summed E-state index contributed by atoms with van der Waals surface area (Å²) in [5.74, 6) is -0.374. The maximum Gasteiger partial charge on any atom is 0.233 e. The van der Waals surface area contributed by atoms with Crippen molar-refractivity contribution in [1.29, 1.82) is 0 Å². The van der Waals surface area contributed by atoms with Gasteiger partial charge in [-0.25, -0.2) is 9.37 Å². The van der Waals surface area contributed by atoms with Crippen LogP contribution in [0.4, 0.5) is 9.52 Å². The maximum absolute atomic E-state index is 14.1. The lowest BCUT2D eigenvalue weighted by atomic mass is 9.97. The van der Waals surface area contributed by atoms with E-state index in [4.69, 9.17) is 0 Å². The van der Waals surface area contributed by atoms with Gasteiger partial charge < -0.3 is 4.90 Å². The van der Waals surface area contributed by atoms with Gasteiger partial charge in [-0.15, -0.1) is 12.4 Å². The summed E-state index contributed by atoms with van der Waals surface area (Å²) in [6.07, 6.45) is 0.309. The first-order chi connectivity index (χ1) is 13.3. The molecule has 0 spiro atoms. The van der Waals surface area contributed by atoms with E-state index in [-0.39, 0.29) is 24.1 Å². The van der Waals surface area contributed by atoms with E-state index < -0.39 is 0 Å². The molecule has 1 aromatic heterocycles. The molecular formula is C22H27ClFN3OS. The van der Waals surface area contributed by atoms with Crippen molar-refractivity contribution >= 4 is 45.0 Å². The number of para-hydroxylation sites is 1. The molecule has 0 bridgehead atoms. The van der Waals surface area contributed by atoms with Gasteiger partial charge in [0.1, 0.15) is 11.3 Å². The lowest BCUT2D eigenvalue weighted by Crippen LogP contribution is -2.37. The van der Waals surface area contributed by atoms with Crippen LogP contribution in [0, 0.1) is 26.6 Å². The smallest absolute Gasteiger partial charge is 0.233 e. The van der Waals surface area contributed by atoms with Crippen molar-refractivity contribution < 1.29 is 9.18 Å². The largest absolute Gasteiger partial charge is 0.308 e. The molecule has 0 saturated heterocycles. The monoisotopic (exact) mass is 435 g/mol. The molecule has 1 heterocycles. The van der Waals surface area contributed by atoms with E-state index in [1.165, 1.54) is 23.0 Å². The Morgan fingerprint density at radius 1 is 1.10 bits per heavy atom. The van der Waals surface area contributed by atoms with E-state index in [1.54, 1.807) is 11.0 Å². The fourth-order valence-electron chi connectivity index (χ4n) is 3.38. The number of aromatic nitrogens is 1.